The van der Waals surface area contributed by atoms with E-state index < -0.39 is 0 Å². The largest absolute Gasteiger partial charge is 0.377 e. The zero-order valence-corrected chi connectivity index (χ0v) is 10.6. The molecule has 4 nitrogen and oxygen atoms in total. The van der Waals surface area contributed by atoms with Crippen molar-refractivity contribution in [3.63, 3.8) is 0 Å². The zero-order valence-electron chi connectivity index (χ0n) is 9.02. The molecular weight excluding hydrogens is 272 g/mol. The van der Waals surface area contributed by atoms with Crippen molar-refractivity contribution in [1.82, 2.24) is 9.88 Å². The SMILES string of the molecule is CC1COCCN1C(=O)c1ccnc(Br)c1. The van der Waals surface area contributed by atoms with Crippen molar-refractivity contribution < 1.29 is 9.53 Å². The Bertz CT molecular complexity index is 397. The predicted octanol–water partition coefficient (Wildman–Crippen LogP) is 1.70. The molecule has 0 bridgehead atoms. The lowest BCUT2D eigenvalue weighted by atomic mass is 10.2. The minimum absolute atomic E-state index is 0.0406. The molecule has 2 rings (SSSR count). The summed E-state index contributed by atoms with van der Waals surface area (Å²) in [5.41, 5.74) is 0.663. The molecule has 86 valence electrons. The van der Waals surface area contributed by atoms with Gasteiger partial charge in [-0.2, -0.15) is 0 Å². The number of hydrogen-bond donors (Lipinski definition) is 0. The van der Waals surface area contributed by atoms with E-state index in [9.17, 15) is 4.79 Å². The summed E-state index contributed by atoms with van der Waals surface area (Å²) in [5.74, 6) is 0.0406. The fraction of sp³-hybridized carbons (Fsp3) is 0.455. The Balaban J connectivity index is 2.17. The van der Waals surface area contributed by atoms with Crippen molar-refractivity contribution in [2.75, 3.05) is 19.8 Å². The van der Waals surface area contributed by atoms with Gasteiger partial charge in [0, 0.05) is 18.3 Å². The first-order valence-corrected chi connectivity index (χ1v) is 5.98. The monoisotopic (exact) mass is 284 g/mol. The second-order valence-electron chi connectivity index (χ2n) is 3.79. The van der Waals surface area contributed by atoms with Gasteiger partial charge in [-0.3, -0.25) is 4.79 Å². The first-order valence-electron chi connectivity index (χ1n) is 5.19. The van der Waals surface area contributed by atoms with Crippen molar-refractivity contribution in [2.24, 2.45) is 0 Å². The number of hydrogen-bond acceptors (Lipinski definition) is 3. The molecule has 0 aliphatic carbocycles. The van der Waals surface area contributed by atoms with E-state index in [4.69, 9.17) is 4.74 Å². The van der Waals surface area contributed by atoms with Crippen LogP contribution in [0.15, 0.2) is 22.9 Å². The number of ether oxygens (including phenoxy) is 1. The lowest BCUT2D eigenvalue weighted by molar-refractivity contribution is 0.00358. The fourth-order valence-corrected chi connectivity index (χ4v) is 2.10. The molecule has 5 heteroatoms. The van der Waals surface area contributed by atoms with Crippen molar-refractivity contribution in [2.45, 2.75) is 13.0 Å². The summed E-state index contributed by atoms with van der Waals surface area (Å²) in [6.45, 7) is 3.87. The Morgan fingerprint density at radius 2 is 2.50 bits per heavy atom. The maximum atomic E-state index is 12.2. The van der Waals surface area contributed by atoms with E-state index >= 15 is 0 Å². The molecule has 0 radical (unpaired) electrons. The number of halogens is 1. The van der Waals surface area contributed by atoms with Gasteiger partial charge in [0.2, 0.25) is 0 Å². The maximum Gasteiger partial charge on any atom is 0.254 e. The Labute approximate surface area is 103 Å². The van der Waals surface area contributed by atoms with Crippen LogP contribution in [0.5, 0.6) is 0 Å². The van der Waals surface area contributed by atoms with Gasteiger partial charge in [-0.1, -0.05) is 0 Å². The van der Waals surface area contributed by atoms with E-state index in [1.54, 1.807) is 18.3 Å². The Morgan fingerprint density at radius 3 is 3.19 bits per heavy atom. The topological polar surface area (TPSA) is 42.4 Å². The third-order valence-electron chi connectivity index (χ3n) is 2.60. The van der Waals surface area contributed by atoms with Gasteiger partial charge in [0.05, 0.1) is 19.3 Å². The van der Waals surface area contributed by atoms with Crippen LogP contribution in [0.2, 0.25) is 0 Å². The van der Waals surface area contributed by atoms with Crippen LogP contribution in [0.4, 0.5) is 0 Å². The van der Waals surface area contributed by atoms with Gasteiger partial charge in [-0.15, -0.1) is 0 Å². The van der Waals surface area contributed by atoms with Crippen molar-refractivity contribution in [1.29, 1.82) is 0 Å². The van der Waals surface area contributed by atoms with Crippen molar-refractivity contribution in [3.8, 4) is 0 Å². The van der Waals surface area contributed by atoms with E-state index in [1.807, 2.05) is 11.8 Å². The highest BCUT2D eigenvalue weighted by atomic mass is 79.9. The number of aromatic nitrogens is 1. The lowest BCUT2D eigenvalue weighted by Crippen LogP contribution is -2.47. The van der Waals surface area contributed by atoms with E-state index in [2.05, 4.69) is 20.9 Å². The smallest absolute Gasteiger partial charge is 0.254 e. The molecule has 0 aromatic carbocycles. The van der Waals surface area contributed by atoms with Gasteiger partial charge in [0.15, 0.2) is 0 Å². The highest BCUT2D eigenvalue weighted by molar-refractivity contribution is 9.10. The quantitative estimate of drug-likeness (QED) is 0.738. The molecule has 1 unspecified atom stereocenters. The molecule has 1 aromatic rings. The van der Waals surface area contributed by atoms with Crippen LogP contribution in [0, 0.1) is 0 Å². The summed E-state index contributed by atoms with van der Waals surface area (Å²) in [5, 5.41) is 0. The molecular formula is C11H13BrN2O2. The Hall–Kier alpha value is -0.940. The molecule has 1 atom stereocenters. The summed E-state index contributed by atoms with van der Waals surface area (Å²) >= 11 is 3.26. The van der Waals surface area contributed by atoms with Crippen LogP contribution in [0.1, 0.15) is 17.3 Å². The van der Waals surface area contributed by atoms with Gasteiger partial charge < -0.3 is 9.64 Å². The molecule has 2 heterocycles. The molecule has 1 aromatic heterocycles. The van der Waals surface area contributed by atoms with Crippen LogP contribution in [0.25, 0.3) is 0 Å². The average Bonchev–Trinajstić information content (AvgIpc) is 2.29. The number of carbonyl (C=O) groups excluding carboxylic acids is 1. The first-order chi connectivity index (χ1) is 7.68. The lowest BCUT2D eigenvalue weighted by Gasteiger charge is -2.33. The minimum Gasteiger partial charge on any atom is -0.377 e. The molecule has 1 amide bonds. The van der Waals surface area contributed by atoms with Crippen LogP contribution in [-0.4, -0.2) is 41.6 Å². The first kappa shape index (κ1) is 11.5. The summed E-state index contributed by atoms with van der Waals surface area (Å²) in [6, 6.07) is 3.60. The van der Waals surface area contributed by atoms with Gasteiger partial charge in [0.25, 0.3) is 5.91 Å². The minimum atomic E-state index is 0.0406. The second-order valence-corrected chi connectivity index (χ2v) is 4.60. The number of nitrogens with zero attached hydrogens (tertiary/aromatic N) is 2. The second kappa shape index (κ2) is 4.93. The molecule has 1 fully saturated rings. The van der Waals surface area contributed by atoms with Gasteiger partial charge in [0.1, 0.15) is 4.60 Å². The highest BCUT2D eigenvalue weighted by Crippen LogP contribution is 2.14. The maximum absolute atomic E-state index is 12.2. The van der Waals surface area contributed by atoms with Crippen LogP contribution in [0.3, 0.4) is 0 Å². The van der Waals surface area contributed by atoms with Crippen molar-refractivity contribution >= 4 is 21.8 Å². The fourth-order valence-electron chi connectivity index (χ4n) is 1.73. The normalized spacial score (nSPS) is 20.9. The van der Waals surface area contributed by atoms with E-state index in [-0.39, 0.29) is 11.9 Å². The number of pyridine rings is 1. The van der Waals surface area contributed by atoms with Crippen molar-refractivity contribution in [3.05, 3.63) is 28.5 Å². The standard InChI is InChI=1S/C11H13BrN2O2/c1-8-7-16-5-4-14(8)11(15)9-2-3-13-10(12)6-9/h2-3,6,8H,4-5,7H2,1H3. The predicted molar refractivity (Wildman–Crippen MR) is 63.3 cm³/mol. The van der Waals surface area contributed by atoms with E-state index in [0.717, 1.165) is 0 Å². The molecule has 1 aliphatic rings. The third-order valence-corrected chi connectivity index (χ3v) is 3.04. The number of carbonyl (C=O) groups is 1. The zero-order chi connectivity index (χ0) is 11.5. The Kier molecular flexibility index (Phi) is 3.56. The summed E-state index contributed by atoms with van der Waals surface area (Å²) < 4.78 is 5.99. The van der Waals surface area contributed by atoms with Gasteiger partial charge in [-0.25, -0.2) is 4.98 Å². The summed E-state index contributed by atoms with van der Waals surface area (Å²) in [4.78, 5) is 18.0. The number of rotatable bonds is 1. The molecule has 1 saturated heterocycles. The molecule has 0 saturated carbocycles. The number of amides is 1. The van der Waals surface area contributed by atoms with Crippen LogP contribution < -0.4 is 0 Å². The van der Waals surface area contributed by atoms with Gasteiger partial charge in [-0.05, 0) is 35.0 Å². The molecule has 0 N–H and O–H groups in total. The van der Waals surface area contributed by atoms with Gasteiger partial charge >= 0.3 is 0 Å². The summed E-state index contributed by atoms with van der Waals surface area (Å²) in [6.07, 6.45) is 1.63. The van der Waals surface area contributed by atoms with E-state index in [0.29, 0.717) is 29.9 Å². The third kappa shape index (κ3) is 2.41. The highest BCUT2D eigenvalue weighted by Gasteiger charge is 2.24. The molecule has 16 heavy (non-hydrogen) atoms. The average molecular weight is 285 g/mol. The van der Waals surface area contributed by atoms with Crippen LogP contribution >= 0.6 is 15.9 Å². The Morgan fingerprint density at radius 1 is 1.69 bits per heavy atom. The molecule has 0 spiro atoms. The number of morpholine rings is 1. The van der Waals surface area contributed by atoms with Crippen LogP contribution in [-0.2, 0) is 4.74 Å². The summed E-state index contributed by atoms with van der Waals surface area (Å²) in [7, 11) is 0. The van der Waals surface area contributed by atoms with E-state index in [1.165, 1.54) is 0 Å². The molecule has 1 aliphatic heterocycles.